The van der Waals surface area contributed by atoms with Gasteiger partial charge in [0.1, 0.15) is 5.82 Å². The largest absolute Gasteiger partial charge is 0.490 e. The first-order valence-corrected chi connectivity index (χ1v) is 13.1. The summed E-state index contributed by atoms with van der Waals surface area (Å²) in [5.41, 5.74) is -3.62. The van der Waals surface area contributed by atoms with Crippen LogP contribution in [0.2, 0.25) is 0 Å². The zero-order valence-electron chi connectivity index (χ0n) is 24.3. The number of carbonyl (C=O) groups excluding carboxylic acids is 1. The number of benzene rings is 1. The number of carbonyl (C=O) groups is 2. The van der Waals surface area contributed by atoms with Gasteiger partial charge in [-0.3, -0.25) is 4.79 Å². The van der Waals surface area contributed by atoms with Crippen LogP contribution in [0.1, 0.15) is 61.8 Å². The number of aryl methyl sites for hydroxylation is 1. The van der Waals surface area contributed by atoms with Crippen molar-refractivity contribution in [2.75, 3.05) is 24.3 Å². The molecule has 1 aliphatic carbocycles. The van der Waals surface area contributed by atoms with Crippen LogP contribution in [-0.4, -0.2) is 53.3 Å². The molecular weight excluding hydrogens is 613 g/mol. The van der Waals surface area contributed by atoms with Crippen LogP contribution in [0.3, 0.4) is 0 Å². The number of carboxylic acid groups (broad SMARTS) is 1. The molecule has 1 amide bonds. The second-order valence-electron chi connectivity index (χ2n) is 11.0. The van der Waals surface area contributed by atoms with Crippen molar-refractivity contribution in [2.45, 2.75) is 76.6 Å². The second kappa shape index (κ2) is 13.5. The average Bonchev–Trinajstić information content (AvgIpc) is 2.88. The molecule has 1 fully saturated rings. The van der Waals surface area contributed by atoms with Gasteiger partial charge < -0.3 is 20.6 Å². The molecule has 8 nitrogen and oxygen atoms in total. The summed E-state index contributed by atoms with van der Waals surface area (Å²) in [6.07, 6.45) is -11.0. The van der Waals surface area contributed by atoms with Crippen molar-refractivity contribution in [1.82, 2.24) is 15.3 Å². The number of halogens is 9. The van der Waals surface area contributed by atoms with E-state index >= 15 is 0 Å². The second-order valence-corrected chi connectivity index (χ2v) is 11.0. The Balaban J connectivity index is 0.000000860. The monoisotopic (exact) mass is 645 g/mol. The highest BCUT2D eigenvalue weighted by atomic mass is 19.4. The fourth-order valence-electron chi connectivity index (χ4n) is 4.44. The normalized spacial score (nSPS) is 17.7. The maximum Gasteiger partial charge on any atom is 0.490 e. The molecule has 44 heavy (non-hydrogen) atoms. The van der Waals surface area contributed by atoms with E-state index in [0.29, 0.717) is 43.8 Å². The summed E-state index contributed by atoms with van der Waals surface area (Å²) in [5, 5.41) is 13.1. The Kier molecular flexibility index (Phi) is 11.1. The minimum absolute atomic E-state index is 0.0348. The van der Waals surface area contributed by atoms with Crippen molar-refractivity contribution in [3.8, 4) is 0 Å². The van der Waals surface area contributed by atoms with Gasteiger partial charge in [-0.2, -0.15) is 44.5 Å². The Labute approximate surface area is 247 Å². The number of anilines is 2. The number of carboxylic acids is 1. The summed E-state index contributed by atoms with van der Waals surface area (Å²) in [5.74, 6) is -2.31. The maximum absolute atomic E-state index is 13.3. The molecule has 17 heteroatoms. The fraction of sp³-hybridized carbons (Fsp3) is 0.556. The van der Waals surface area contributed by atoms with Crippen LogP contribution in [0, 0.1) is 12.8 Å². The van der Waals surface area contributed by atoms with E-state index in [0.717, 1.165) is 11.4 Å². The van der Waals surface area contributed by atoms with Crippen LogP contribution in [0.4, 0.5) is 51.3 Å². The summed E-state index contributed by atoms with van der Waals surface area (Å²) in [6, 6.07) is 1.42. The molecule has 1 aromatic carbocycles. The van der Waals surface area contributed by atoms with Crippen molar-refractivity contribution < 1.29 is 54.2 Å². The third kappa shape index (κ3) is 10.1. The van der Waals surface area contributed by atoms with Gasteiger partial charge in [0.15, 0.2) is 0 Å². The Morgan fingerprint density at radius 2 is 1.32 bits per heavy atom. The molecule has 1 aromatic heterocycles. The molecule has 0 unspecified atom stereocenters. The van der Waals surface area contributed by atoms with E-state index in [1.165, 1.54) is 13.8 Å². The van der Waals surface area contributed by atoms with Crippen LogP contribution < -0.4 is 15.5 Å². The number of aromatic nitrogens is 2. The molecule has 2 aromatic rings. The van der Waals surface area contributed by atoms with Gasteiger partial charge in [-0.25, -0.2) is 9.78 Å². The van der Waals surface area contributed by atoms with Crippen LogP contribution >= 0.6 is 0 Å². The van der Waals surface area contributed by atoms with Crippen molar-refractivity contribution in [3.05, 3.63) is 46.6 Å². The van der Waals surface area contributed by atoms with E-state index < -0.39 is 53.0 Å². The topological polar surface area (TPSA) is 107 Å². The van der Waals surface area contributed by atoms with Gasteiger partial charge in [-0.05, 0) is 70.2 Å². The van der Waals surface area contributed by atoms with Crippen molar-refractivity contribution >= 4 is 23.6 Å². The summed E-state index contributed by atoms with van der Waals surface area (Å²) < 4.78 is 111. The van der Waals surface area contributed by atoms with E-state index in [1.54, 1.807) is 6.20 Å². The molecule has 3 N–H and O–H groups in total. The number of alkyl halides is 9. The summed E-state index contributed by atoms with van der Waals surface area (Å²) in [4.78, 5) is 32.6. The lowest BCUT2D eigenvalue weighted by molar-refractivity contribution is -0.192. The molecule has 1 saturated carbocycles. The molecule has 0 radical (unpaired) electrons. The molecule has 1 aliphatic rings. The zero-order chi connectivity index (χ0) is 33.8. The van der Waals surface area contributed by atoms with E-state index in [4.69, 9.17) is 9.90 Å². The first-order chi connectivity index (χ1) is 19.9. The Morgan fingerprint density at radius 3 is 1.73 bits per heavy atom. The lowest BCUT2D eigenvalue weighted by atomic mass is 9.84. The molecule has 3 rings (SSSR count). The number of aliphatic carboxylic acids is 1. The minimum atomic E-state index is -5.08. The standard InChI is InChI=1S/C25H31F6N5O.C2HF3O2/c1-14-13-32-22(34-20(14)36(4)5)33-19-8-6-15(7-9-19)21(37)35-23(2,3)16-10-17(24(26,27)28)12-18(11-16)25(29,30)31;3-2(4,5)1(6)7/h10-13,15,19H,6-9H2,1-5H3,(H,35,37)(H,32,33,34);(H,6,7)/t15-,19+;. The van der Waals surface area contributed by atoms with Gasteiger partial charge in [0.05, 0.1) is 16.7 Å². The molecule has 246 valence electrons. The maximum atomic E-state index is 13.3. The van der Waals surface area contributed by atoms with Gasteiger partial charge in [0.25, 0.3) is 0 Å². The third-order valence-electron chi connectivity index (χ3n) is 6.79. The van der Waals surface area contributed by atoms with E-state index in [1.807, 2.05) is 25.9 Å². The molecular formula is C27H32F9N5O3. The molecule has 0 saturated heterocycles. The SMILES string of the molecule is Cc1cnc(N[C@H]2CC[C@@H](C(=O)NC(C)(C)c3cc(C(F)(F)F)cc(C(F)(F)F)c3)CC2)nc1N(C)C.O=C(O)C(F)(F)F. The smallest absolute Gasteiger partial charge is 0.475 e. The number of nitrogens with zero attached hydrogens (tertiary/aromatic N) is 3. The van der Waals surface area contributed by atoms with Crippen molar-refractivity contribution in [3.63, 3.8) is 0 Å². The lowest BCUT2D eigenvalue weighted by Crippen LogP contribution is -2.45. The van der Waals surface area contributed by atoms with Gasteiger partial charge in [-0.15, -0.1) is 0 Å². The van der Waals surface area contributed by atoms with E-state index in [2.05, 4.69) is 20.6 Å². The van der Waals surface area contributed by atoms with Crippen LogP contribution in [-0.2, 0) is 27.5 Å². The highest BCUT2D eigenvalue weighted by Crippen LogP contribution is 2.39. The predicted octanol–water partition coefficient (Wildman–Crippen LogP) is 6.54. The molecule has 0 aliphatic heterocycles. The van der Waals surface area contributed by atoms with E-state index in [9.17, 15) is 44.3 Å². The molecule has 0 spiro atoms. The van der Waals surface area contributed by atoms with Gasteiger partial charge in [-0.1, -0.05) is 0 Å². The van der Waals surface area contributed by atoms with Gasteiger partial charge in [0.2, 0.25) is 11.9 Å². The first kappa shape index (κ1) is 36.4. The van der Waals surface area contributed by atoms with Crippen molar-refractivity contribution in [1.29, 1.82) is 0 Å². The Bertz CT molecular complexity index is 1290. The highest BCUT2D eigenvalue weighted by molar-refractivity contribution is 5.79. The first-order valence-electron chi connectivity index (χ1n) is 13.1. The molecule has 0 atom stereocenters. The van der Waals surface area contributed by atoms with Crippen LogP contribution in [0.25, 0.3) is 0 Å². The molecule has 0 bridgehead atoms. The number of rotatable bonds is 6. The minimum Gasteiger partial charge on any atom is -0.475 e. The van der Waals surface area contributed by atoms with E-state index in [-0.39, 0.29) is 17.7 Å². The zero-order valence-corrected chi connectivity index (χ0v) is 24.3. The van der Waals surface area contributed by atoms with Crippen molar-refractivity contribution in [2.24, 2.45) is 5.92 Å². The van der Waals surface area contributed by atoms with Crippen LogP contribution in [0.15, 0.2) is 24.4 Å². The quantitative estimate of drug-likeness (QED) is 0.306. The lowest BCUT2D eigenvalue weighted by Gasteiger charge is -2.33. The summed E-state index contributed by atoms with van der Waals surface area (Å²) >= 11 is 0. The Hall–Kier alpha value is -3.79. The average molecular weight is 646 g/mol. The molecule has 1 heterocycles. The number of amides is 1. The summed E-state index contributed by atoms with van der Waals surface area (Å²) in [7, 11) is 3.77. The Morgan fingerprint density at radius 1 is 0.864 bits per heavy atom. The number of hydrogen-bond acceptors (Lipinski definition) is 6. The third-order valence-corrected chi connectivity index (χ3v) is 6.79. The summed E-state index contributed by atoms with van der Waals surface area (Å²) in [6.45, 7) is 4.70. The van der Waals surface area contributed by atoms with Gasteiger partial charge in [0, 0.05) is 37.8 Å². The van der Waals surface area contributed by atoms with Gasteiger partial charge >= 0.3 is 24.5 Å². The van der Waals surface area contributed by atoms with Crippen LogP contribution in [0.5, 0.6) is 0 Å². The highest BCUT2D eigenvalue weighted by Gasteiger charge is 2.40. The fourth-order valence-corrected chi connectivity index (χ4v) is 4.44. The number of nitrogens with one attached hydrogen (secondary N) is 2. The number of hydrogen-bond donors (Lipinski definition) is 3. The predicted molar refractivity (Wildman–Crippen MR) is 142 cm³/mol.